The minimum absolute atomic E-state index is 0.0672. The van der Waals surface area contributed by atoms with E-state index in [0.717, 1.165) is 12.1 Å². The summed E-state index contributed by atoms with van der Waals surface area (Å²) in [5, 5.41) is 15.8. The molecule has 2 heterocycles. The molecule has 3 rings (SSSR count). The predicted octanol–water partition coefficient (Wildman–Crippen LogP) is 4.03. The Labute approximate surface area is 127 Å². The second kappa shape index (κ2) is 5.13. The van der Waals surface area contributed by atoms with Gasteiger partial charge in [-0.3, -0.25) is 0 Å². The molecule has 0 saturated carbocycles. The van der Waals surface area contributed by atoms with Crippen LogP contribution in [0.5, 0.6) is 5.88 Å². The second-order valence-corrected chi connectivity index (χ2v) is 5.49. The van der Waals surface area contributed by atoms with Crippen LogP contribution in [0.25, 0.3) is 16.4 Å². The predicted molar refractivity (Wildman–Crippen MR) is 76.1 cm³/mol. The van der Waals surface area contributed by atoms with E-state index < -0.39 is 11.7 Å². The van der Waals surface area contributed by atoms with Gasteiger partial charge in [0.15, 0.2) is 0 Å². The summed E-state index contributed by atoms with van der Waals surface area (Å²) in [7, 11) is 0. The maximum absolute atomic E-state index is 12.7. The standard InChI is InChI=1S/C14H10F3N3OS/c1-8-5-12(21)20(19-8)13-18-11(7-22-13)9-3-2-4-10(6-9)14(15,16)17/h2-7,21H,1H3. The molecular weight excluding hydrogens is 315 g/mol. The average Bonchev–Trinajstić information content (AvgIpc) is 3.04. The molecule has 0 fully saturated rings. The first-order valence-corrected chi connectivity index (χ1v) is 7.12. The van der Waals surface area contributed by atoms with E-state index in [-0.39, 0.29) is 5.88 Å². The minimum atomic E-state index is -4.40. The number of halogens is 3. The molecule has 2 aromatic heterocycles. The fraction of sp³-hybridized carbons (Fsp3) is 0.143. The maximum atomic E-state index is 12.7. The number of aryl methyl sites for hydroxylation is 1. The molecule has 0 saturated heterocycles. The van der Waals surface area contributed by atoms with Crippen molar-refractivity contribution in [1.82, 2.24) is 14.8 Å². The molecule has 0 aliphatic carbocycles. The first-order valence-electron chi connectivity index (χ1n) is 6.24. The number of rotatable bonds is 2. The Morgan fingerprint density at radius 2 is 2.00 bits per heavy atom. The number of hydrogen-bond acceptors (Lipinski definition) is 4. The second-order valence-electron chi connectivity index (χ2n) is 4.65. The first-order chi connectivity index (χ1) is 10.3. The molecule has 0 unspecified atom stereocenters. The molecule has 3 aromatic rings. The summed E-state index contributed by atoms with van der Waals surface area (Å²) in [5.74, 6) is -0.0672. The molecule has 1 N–H and O–H groups in total. The van der Waals surface area contributed by atoms with Gasteiger partial charge in [0.1, 0.15) is 0 Å². The van der Waals surface area contributed by atoms with Crippen molar-refractivity contribution in [3.63, 3.8) is 0 Å². The number of aromatic hydroxyl groups is 1. The van der Waals surface area contributed by atoms with Crippen molar-refractivity contribution >= 4 is 11.3 Å². The highest BCUT2D eigenvalue weighted by Gasteiger charge is 2.30. The van der Waals surface area contributed by atoms with Crippen LogP contribution in [0.4, 0.5) is 13.2 Å². The van der Waals surface area contributed by atoms with Crippen LogP contribution in [0, 0.1) is 6.92 Å². The quantitative estimate of drug-likeness (QED) is 0.774. The van der Waals surface area contributed by atoms with Crippen molar-refractivity contribution in [3.05, 3.63) is 47.0 Å². The van der Waals surface area contributed by atoms with Crippen molar-refractivity contribution in [1.29, 1.82) is 0 Å². The van der Waals surface area contributed by atoms with Crippen molar-refractivity contribution in [2.24, 2.45) is 0 Å². The van der Waals surface area contributed by atoms with Crippen LogP contribution in [0.15, 0.2) is 35.7 Å². The lowest BCUT2D eigenvalue weighted by atomic mass is 10.1. The largest absolute Gasteiger partial charge is 0.493 e. The summed E-state index contributed by atoms with van der Waals surface area (Å²) in [4.78, 5) is 4.24. The molecular formula is C14H10F3N3OS. The SMILES string of the molecule is Cc1cc(O)n(-c2nc(-c3cccc(C(F)(F)F)c3)cs2)n1. The van der Waals surface area contributed by atoms with E-state index in [2.05, 4.69) is 10.1 Å². The van der Waals surface area contributed by atoms with Gasteiger partial charge in [-0.15, -0.1) is 11.3 Å². The third kappa shape index (κ3) is 2.69. The lowest BCUT2D eigenvalue weighted by Crippen LogP contribution is -2.04. The number of thiazole rings is 1. The average molecular weight is 325 g/mol. The minimum Gasteiger partial charge on any atom is -0.493 e. The highest BCUT2D eigenvalue weighted by molar-refractivity contribution is 7.12. The van der Waals surface area contributed by atoms with Gasteiger partial charge in [0.05, 0.1) is 17.0 Å². The van der Waals surface area contributed by atoms with E-state index in [0.29, 0.717) is 22.1 Å². The Morgan fingerprint density at radius 1 is 1.23 bits per heavy atom. The van der Waals surface area contributed by atoms with Crippen LogP contribution >= 0.6 is 11.3 Å². The van der Waals surface area contributed by atoms with Crippen LogP contribution in [0.3, 0.4) is 0 Å². The Morgan fingerprint density at radius 3 is 2.64 bits per heavy atom. The van der Waals surface area contributed by atoms with E-state index in [1.165, 1.54) is 28.2 Å². The van der Waals surface area contributed by atoms with Crippen LogP contribution in [0.1, 0.15) is 11.3 Å². The van der Waals surface area contributed by atoms with Gasteiger partial charge in [-0.25, -0.2) is 4.98 Å². The van der Waals surface area contributed by atoms with Gasteiger partial charge in [-0.05, 0) is 19.1 Å². The Balaban J connectivity index is 1.99. The normalized spacial score (nSPS) is 11.8. The third-order valence-electron chi connectivity index (χ3n) is 2.97. The zero-order chi connectivity index (χ0) is 15.9. The highest BCUT2D eigenvalue weighted by Crippen LogP contribution is 2.33. The molecule has 0 atom stereocenters. The van der Waals surface area contributed by atoms with E-state index in [4.69, 9.17) is 0 Å². The van der Waals surface area contributed by atoms with Gasteiger partial charge in [0.25, 0.3) is 0 Å². The highest BCUT2D eigenvalue weighted by atomic mass is 32.1. The molecule has 4 nitrogen and oxygen atoms in total. The van der Waals surface area contributed by atoms with E-state index in [1.54, 1.807) is 18.4 Å². The fourth-order valence-electron chi connectivity index (χ4n) is 1.98. The smallest absolute Gasteiger partial charge is 0.416 e. The van der Waals surface area contributed by atoms with E-state index >= 15 is 0 Å². The van der Waals surface area contributed by atoms with Gasteiger partial charge in [-0.1, -0.05) is 12.1 Å². The Hall–Kier alpha value is -2.35. The van der Waals surface area contributed by atoms with Crippen molar-refractivity contribution in [2.75, 3.05) is 0 Å². The number of nitrogens with zero attached hydrogens (tertiary/aromatic N) is 3. The lowest BCUT2D eigenvalue weighted by molar-refractivity contribution is -0.137. The van der Waals surface area contributed by atoms with Gasteiger partial charge in [0.2, 0.25) is 11.0 Å². The van der Waals surface area contributed by atoms with Crippen LogP contribution in [-0.4, -0.2) is 19.9 Å². The van der Waals surface area contributed by atoms with Gasteiger partial charge < -0.3 is 5.11 Å². The van der Waals surface area contributed by atoms with Crippen molar-refractivity contribution < 1.29 is 18.3 Å². The zero-order valence-electron chi connectivity index (χ0n) is 11.3. The van der Waals surface area contributed by atoms with E-state index in [9.17, 15) is 18.3 Å². The molecule has 0 amide bonds. The number of aromatic nitrogens is 3. The summed E-state index contributed by atoms with van der Waals surface area (Å²) in [6.45, 7) is 1.72. The van der Waals surface area contributed by atoms with Crippen molar-refractivity contribution in [3.8, 4) is 22.3 Å². The molecule has 114 valence electrons. The fourth-order valence-corrected chi connectivity index (χ4v) is 2.77. The number of hydrogen-bond donors (Lipinski definition) is 1. The molecule has 0 bridgehead atoms. The molecule has 0 aliphatic rings. The van der Waals surface area contributed by atoms with Gasteiger partial charge in [-0.2, -0.15) is 23.0 Å². The molecule has 1 aromatic carbocycles. The zero-order valence-corrected chi connectivity index (χ0v) is 12.1. The van der Waals surface area contributed by atoms with Gasteiger partial charge >= 0.3 is 6.18 Å². The maximum Gasteiger partial charge on any atom is 0.416 e. The topological polar surface area (TPSA) is 50.9 Å². The van der Waals surface area contributed by atoms with Gasteiger partial charge in [0, 0.05) is 17.0 Å². The summed E-state index contributed by atoms with van der Waals surface area (Å²) < 4.78 is 39.5. The van der Waals surface area contributed by atoms with E-state index in [1.807, 2.05) is 0 Å². The molecule has 22 heavy (non-hydrogen) atoms. The number of alkyl halides is 3. The monoisotopic (exact) mass is 325 g/mol. The lowest BCUT2D eigenvalue weighted by Gasteiger charge is -2.07. The summed E-state index contributed by atoms with van der Waals surface area (Å²) in [6.07, 6.45) is -4.40. The molecule has 0 aliphatic heterocycles. The molecule has 0 spiro atoms. The molecule has 0 radical (unpaired) electrons. The summed E-state index contributed by atoms with van der Waals surface area (Å²) in [6, 6.07) is 6.44. The summed E-state index contributed by atoms with van der Waals surface area (Å²) >= 11 is 1.19. The third-order valence-corrected chi connectivity index (χ3v) is 3.79. The van der Waals surface area contributed by atoms with Crippen molar-refractivity contribution in [2.45, 2.75) is 13.1 Å². The van der Waals surface area contributed by atoms with Crippen LogP contribution in [0.2, 0.25) is 0 Å². The van der Waals surface area contributed by atoms with Crippen LogP contribution in [-0.2, 0) is 6.18 Å². The first kappa shape index (κ1) is 14.6. The Kier molecular flexibility index (Phi) is 3.40. The number of benzene rings is 1. The Bertz CT molecular complexity index is 823. The summed E-state index contributed by atoms with van der Waals surface area (Å²) in [5.41, 5.74) is 0.657. The van der Waals surface area contributed by atoms with Crippen LogP contribution < -0.4 is 0 Å². The molecule has 8 heteroatoms.